The summed E-state index contributed by atoms with van der Waals surface area (Å²) in [5.41, 5.74) is 1.22. The summed E-state index contributed by atoms with van der Waals surface area (Å²) in [6.07, 6.45) is 9.10. The van der Waals surface area contributed by atoms with Gasteiger partial charge in [0.1, 0.15) is 15.7 Å². The predicted octanol–water partition coefficient (Wildman–Crippen LogP) is 2.92. The lowest BCUT2D eigenvalue weighted by Crippen LogP contribution is -2.16. The maximum Gasteiger partial charge on any atom is 0.262 e. The minimum atomic E-state index is -0.118. The van der Waals surface area contributed by atoms with Gasteiger partial charge in [0.05, 0.1) is 6.20 Å². The predicted molar refractivity (Wildman–Crippen MR) is 92.2 cm³/mol. The highest BCUT2D eigenvalue weighted by molar-refractivity contribution is 7.14. The summed E-state index contributed by atoms with van der Waals surface area (Å²) in [5.74, 6) is 0.735. The van der Waals surface area contributed by atoms with E-state index in [0.717, 1.165) is 17.4 Å². The largest absolute Gasteiger partial charge is 0.354 e. The molecule has 1 N–H and O–H groups in total. The second-order valence-corrected chi connectivity index (χ2v) is 5.94. The molecule has 0 atom stereocenters. The fraction of sp³-hybridized carbons (Fsp3) is 0.118. The molecule has 0 aliphatic rings. The van der Waals surface area contributed by atoms with Crippen molar-refractivity contribution in [2.24, 2.45) is 0 Å². The summed E-state index contributed by atoms with van der Waals surface area (Å²) >= 11 is 1.35. The van der Waals surface area contributed by atoms with Crippen LogP contribution in [-0.2, 0) is 6.54 Å². The first-order valence-corrected chi connectivity index (χ1v) is 7.99. The molecule has 1 amide bonds. The maximum absolute atomic E-state index is 11.5. The van der Waals surface area contributed by atoms with E-state index in [-0.39, 0.29) is 5.91 Å². The van der Waals surface area contributed by atoms with Crippen LogP contribution in [0.2, 0.25) is 0 Å². The van der Waals surface area contributed by atoms with Crippen molar-refractivity contribution in [2.75, 3.05) is 7.05 Å². The molecule has 0 bridgehead atoms. The molecule has 0 aliphatic heterocycles. The lowest BCUT2D eigenvalue weighted by Gasteiger charge is -2.04. The number of rotatable bonds is 5. The first-order valence-electron chi connectivity index (χ1n) is 7.17. The molecular weight excluding hydrogens is 308 g/mol. The van der Waals surface area contributed by atoms with Crippen molar-refractivity contribution in [3.8, 4) is 0 Å². The van der Waals surface area contributed by atoms with E-state index in [1.165, 1.54) is 16.9 Å². The van der Waals surface area contributed by atoms with Crippen LogP contribution in [0.3, 0.4) is 0 Å². The second-order valence-electron chi connectivity index (χ2n) is 4.87. The number of amides is 1. The molecule has 0 saturated carbocycles. The highest BCUT2D eigenvalue weighted by Gasteiger charge is 2.07. The Kier molecular flexibility index (Phi) is 4.63. The molecule has 0 fully saturated rings. The summed E-state index contributed by atoms with van der Waals surface area (Å²) in [6.45, 7) is 0.766. The molecule has 23 heavy (non-hydrogen) atoms. The van der Waals surface area contributed by atoms with Gasteiger partial charge in [0.15, 0.2) is 0 Å². The molecular formula is C17H16N4OS. The molecule has 6 heteroatoms. The number of benzene rings is 1. The van der Waals surface area contributed by atoms with Gasteiger partial charge in [0.2, 0.25) is 0 Å². The van der Waals surface area contributed by atoms with Crippen LogP contribution in [0, 0.1) is 0 Å². The molecule has 0 saturated heterocycles. The zero-order valence-corrected chi connectivity index (χ0v) is 13.5. The number of imidazole rings is 1. The zero-order chi connectivity index (χ0) is 16.1. The van der Waals surface area contributed by atoms with Crippen molar-refractivity contribution in [1.29, 1.82) is 0 Å². The Morgan fingerprint density at radius 3 is 2.87 bits per heavy atom. The molecule has 0 aliphatic carbocycles. The fourth-order valence-corrected chi connectivity index (χ4v) is 2.90. The monoisotopic (exact) mass is 324 g/mol. The molecule has 116 valence electrons. The van der Waals surface area contributed by atoms with E-state index >= 15 is 0 Å². The topological polar surface area (TPSA) is 59.8 Å². The van der Waals surface area contributed by atoms with Crippen molar-refractivity contribution in [3.63, 3.8) is 0 Å². The molecule has 1 aromatic carbocycles. The third-order valence-electron chi connectivity index (χ3n) is 3.29. The average molecular weight is 324 g/mol. The Morgan fingerprint density at radius 2 is 2.09 bits per heavy atom. The van der Waals surface area contributed by atoms with Crippen LogP contribution in [0.1, 0.15) is 26.1 Å². The number of hydrogen-bond donors (Lipinski definition) is 1. The van der Waals surface area contributed by atoms with Crippen molar-refractivity contribution in [1.82, 2.24) is 19.9 Å². The van der Waals surface area contributed by atoms with E-state index < -0.39 is 0 Å². The van der Waals surface area contributed by atoms with E-state index in [0.29, 0.717) is 4.88 Å². The van der Waals surface area contributed by atoms with Crippen molar-refractivity contribution >= 4 is 29.4 Å². The van der Waals surface area contributed by atoms with E-state index in [9.17, 15) is 4.79 Å². The van der Waals surface area contributed by atoms with E-state index in [1.807, 2.05) is 36.5 Å². The minimum Gasteiger partial charge on any atom is -0.354 e. The molecule has 0 radical (unpaired) electrons. The Balaban J connectivity index is 1.74. The SMILES string of the molecule is CNC(=O)c1cnc(/C=C\c2nccn2Cc2ccccc2)s1. The minimum absolute atomic E-state index is 0.118. The van der Waals surface area contributed by atoms with Crippen molar-refractivity contribution in [2.45, 2.75) is 6.54 Å². The van der Waals surface area contributed by atoms with Crippen LogP contribution in [0.4, 0.5) is 0 Å². The summed E-state index contributed by atoms with van der Waals surface area (Å²) in [6, 6.07) is 10.2. The summed E-state index contributed by atoms with van der Waals surface area (Å²) < 4.78 is 2.07. The zero-order valence-electron chi connectivity index (χ0n) is 12.6. The van der Waals surface area contributed by atoms with E-state index in [1.54, 1.807) is 19.4 Å². The number of aromatic nitrogens is 3. The van der Waals surface area contributed by atoms with Gasteiger partial charge in [-0.1, -0.05) is 30.3 Å². The third-order valence-corrected chi connectivity index (χ3v) is 4.25. The molecule has 3 aromatic rings. The van der Waals surface area contributed by atoms with Crippen LogP contribution >= 0.6 is 11.3 Å². The first kappa shape index (κ1) is 15.2. The Morgan fingerprint density at radius 1 is 1.26 bits per heavy atom. The van der Waals surface area contributed by atoms with E-state index in [4.69, 9.17) is 0 Å². The van der Waals surface area contributed by atoms with Gasteiger partial charge in [-0.15, -0.1) is 11.3 Å². The second kappa shape index (κ2) is 7.02. The first-order chi connectivity index (χ1) is 11.3. The van der Waals surface area contributed by atoms with Gasteiger partial charge in [0, 0.05) is 26.0 Å². The Bertz CT molecular complexity index is 820. The van der Waals surface area contributed by atoms with Gasteiger partial charge in [-0.25, -0.2) is 9.97 Å². The Labute approximate surface area is 138 Å². The molecule has 5 nitrogen and oxygen atoms in total. The number of carbonyl (C=O) groups excluding carboxylic acids is 1. The van der Waals surface area contributed by atoms with E-state index in [2.05, 4.69) is 32.0 Å². The number of nitrogens with one attached hydrogen (secondary N) is 1. The quantitative estimate of drug-likeness (QED) is 0.785. The van der Waals surface area contributed by atoms with Gasteiger partial charge < -0.3 is 9.88 Å². The Hall–Kier alpha value is -2.73. The highest BCUT2D eigenvalue weighted by Crippen LogP contribution is 2.16. The number of hydrogen-bond acceptors (Lipinski definition) is 4. The maximum atomic E-state index is 11.5. The normalized spacial score (nSPS) is 11.0. The number of nitrogens with zero attached hydrogens (tertiary/aromatic N) is 3. The van der Waals surface area contributed by atoms with Crippen LogP contribution in [0.5, 0.6) is 0 Å². The van der Waals surface area contributed by atoms with Crippen LogP contribution in [-0.4, -0.2) is 27.5 Å². The summed E-state index contributed by atoms with van der Waals surface area (Å²) in [5, 5.41) is 3.37. The molecule has 0 unspecified atom stereocenters. The lowest BCUT2D eigenvalue weighted by atomic mass is 10.2. The van der Waals surface area contributed by atoms with Crippen LogP contribution in [0.25, 0.3) is 12.2 Å². The smallest absolute Gasteiger partial charge is 0.262 e. The van der Waals surface area contributed by atoms with Crippen LogP contribution < -0.4 is 5.32 Å². The number of thiazole rings is 1. The van der Waals surface area contributed by atoms with Gasteiger partial charge in [-0.2, -0.15) is 0 Å². The molecule has 2 aromatic heterocycles. The lowest BCUT2D eigenvalue weighted by molar-refractivity contribution is 0.0967. The van der Waals surface area contributed by atoms with Crippen LogP contribution in [0.15, 0.2) is 48.9 Å². The molecule has 0 spiro atoms. The summed E-state index contributed by atoms with van der Waals surface area (Å²) in [7, 11) is 1.61. The molecule has 3 rings (SSSR count). The van der Waals surface area contributed by atoms with Crippen molar-refractivity contribution < 1.29 is 4.79 Å². The van der Waals surface area contributed by atoms with Gasteiger partial charge in [0.25, 0.3) is 5.91 Å². The van der Waals surface area contributed by atoms with Gasteiger partial charge >= 0.3 is 0 Å². The summed E-state index contributed by atoms with van der Waals surface area (Å²) in [4.78, 5) is 20.7. The van der Waals surface area contributed by atoms with Gasteiger partial charge in [-0.05, 0) is 17.7 Å². The third kappa shape index (κ3) is 3.73. The van der Waals surface area contributed by atoms with Gasteiger partial charge in [-0.3, -0.25) is 4.79 Å². The molecule has 2 heterocycles. The average Bonchev–Trinajstić information content (AvgIpc) is 3.22. The van der Waals surface area contributed by atoms with Crippen molar-refractivity contribution in [3.05, 3.63) is 70.2 Å². The fourth-order valence-electron chi connectivity index (χ4n) is 2.13. The highest BCUT2D eigenvalue weighted by atomic mass is 32.1. The number of carbonyl (C=O) groups is 1. The standard InChI is InChI=1S/C17H16N4OS/c1-18-17(22)14-11-20-16(23-14)8-7-15-19-9-10-21(15)12-13-5-3-2-4-6-13/h2-11H,12H2,1H3,(H,18,22)/b8-7-.